The normalized spacial score (nSPS) is 12.0. The standard InChI is InChI=1S/C11H16N2O4S/c1-11(2,3)17-10(14)13-8-5-6-9(12-7-8)18(4,15)16/h5-7H,1-4H3,(H,13,14). The van der Waals surface area contributed by atoms with Crippen molar-refractivity contribution in [1.29, 1.82) is 0 Å². The number of nitrogens with zero attached hydrogens (tertiary/aromatic N) is 1. The van der Waals surface area contributed by atoms with E-state index in [1.165, 1.54) is 18.3 Å². The highest BCUT2D eigenvalue weighted by atomic mass is 32.2. The summed E-state index contributed by atoms with van der Waals surface area (Å²) in [5, 5.41) is 2.41. The molecule has 0 aliphatic heterocycles. The Morgan fingerprint density at radius 1 is 1.33 bits per heavy atom. The first-order valence-corrected chi connectivity index (χ1v) is 7.13. The smallest absolute Gasteiger partial charge is 0.412 e. The minimum atomic E-state index is -3.33. The molecule has 100 valence electrons. The monoisotopic (exact) mass is 272 g/mol. The van der Waals surface area contributed by atoms with Crippen molar-refractivity contribution in [3.05, 3.63) is 18.3 Å². The zero-order chi connectivity index (χ0) is 14.0. The van der Waals surface area contributed by atoms with E-state index in [-0.39, 0.29) is 5.03 Å². The number of pyridine rings is 1. The molecular weight excluding hydrogens is 256 g/mol. The maximum Gasteiger partial charge on any atom is 0.412 e. The van der Waals surface area contributed by atoms with Crippen LogP contribution < -0.4 is 5.32 Å². The highest BCUT2D eigenvalue weighted by Gasteiger charge is 2.16. The number of hydrogen-bond donors (Lipinski definition) is 1. The molecule has 1 aromatic rings. The number of sulfone groups is 1. The molecule has 0 bridgehead atoms. The molecule has 1 heterocycles. The highest BCUT2D eigenvalue weighted by molar-refractivity contribution is 7.90. The van der Waals surface area contributed by atoms with Gasteiger partial charge in [0.15, 0.2) is 14.9 Å². The number of aromatic nitrogens is 1. The van der Waals surface area contributed by atoms with Crippen molar-refractivity contribution in [2.24, 2.45) is 0 Å². The first-order chi connectivity index (χ1) is 8.08. The van der Waals surface area contributed by atoms with E-state index in [0.717, 1.165) is 6.26 Å². The van der Waals surface area contributed by atoms with Crippen molar-refractivity contribution in [2.75, 3.05) is 11.6 Å². The molecule has 0 saturated heterocycles. The zero-order valence-corrected chi connectivity index (χ0v) is 11.5. The number of carbonyl (C=O) groups excluding carboxylic acids is 1. The first kappa shape index (κ1) is 14.4. The SMILES string of the molecule is CC(C)(C)OC(=O)Nc1ccc(S(C)(=O)=O)nc1. The second-order valence-corrected chi connectivity index (χ2v) is 6.75. The van der Waals surface area contributed by atoms with E-state index in [2.05, 4.69) is 10.3 Å². The summed E-state index contributed by atoms with van der Waals surface area (Å²) in [7, 11) is -3.33. The summed E-state index contributed by atoms with van der Waals surface area (Å²) < 4.78 is 27.4. The number of nitrogens with one attached hydrogen (secondary N) is 1. The van der Waals surface area contributed by atoms with Gasteiger partial charge in [0.2, 0.25) is 0 Å². The quantitative estimate of drug-likeness (QED) is 0.887. The topological polar surface area (TPSA) is 85.4 Å². The van der Waals surface area contributed by atoms with Gasteiger partial charge in [0, 0.05) is 6.26 Å². The molecule has 0 aliphatic rings. The predicted octanol–water partition coefficient (Wildman–Crippen LogP) is 1.83. The highest BCUT2D eigenvalue weighted by Crippen LogP contribution is 2.13. The Bertz CT molecular complexity index is 529. The van der Waals surface area contributed by atoms with E-state index in [1.54, 1.807) is 20.8 Å². The third-order valence-electron chi connectivity index (χ3n) is 1.76. The molecule has 7 heteroatoms. The fourth-order valence-corrected chi connectivity index (χ4v) is 1.65. The van der Waals surface area contributed by atoms with Crippen molar-refractivity contribution in [2.45, 2.75) is 31.4 Å². The Morgan fingerprint density at radius 2 is 1.94 bits per heavy atom. The average Bonchev–Trinajstić information content (AvgIpc) is 2.13. The summed E-state index contributed by atoms with van der Waals surface area (Å²) in [6, 6.07) is 2.77. The van der Waals surface area contributed by atoms with Crippen LogP contribution in [0.1, 0.15) is 20.8 Å². The Balaban J connectivity index is 2.73. The van der Waals surface area contributed by atoms with Gasteiger partial charge in [-0.05, 0) is 32.9 Å². The third kappa shape index (κ3) is 4.70. The van der Waals surface area contributed by atoms with Gasteiger partial charge in [-0.15, -0.1) is 0 Å². The van der Waals surface area contributed by atoms with Gasteiger partial charge in [-0.3, -0.25) is 5.32 Å². The Morgan fingerprint density at radius 3 is 2.33 bits per heavy atom. The molecule has 0 unspecified atom stereocenters. The number of rotatable bonds is 2. The summed E-state index contributed by atoms with van der Waals surface area (Å²) in [6.07, 6.45) is 1.72. The van der Waals surface area contributed by atoms with E-state index in [0.29, 0.717) is 5.69 Å². The molecule has 0 aromatic carbocycles. The van der Waals surface area contributed by atoms with E-state index in [4.69, 9.17) is 4.74 Å². The third-order valence-corrected chi connectivity index (χ3v) is 2.76. The van der Waals surface area contributed by atoms with Crippen LogP contribution in [-0.4, -0.2) is 31.4 Å². The molecule has 0 spiro atoms. The van der Waals surface area contributed by atoms with Crippen LogP contribution in [0.3, 0.4) is 0 Å². The van der Waals surface area contributed by atoms with Crippen LogP contribution in [0.5, 0.6) is 0 Å². The Kier molecular flexibility index (Phi) is 3.95. The van der Waals surface area contributed by atoms with Crippen molar-refractivity contribution in [3.8, 4) is 0 Å². The molecule has 0 radical (unpaired) electrons. The van der Waals surface area contributed by atoms with Crippen molar-refractivity contribution >= 4 is 21.6 Å². The lowest BCUT2D eigenvalue weighted by Gasteiger charge is -2.19. The zero-order valence-electron chi connectivity index (χ0n) is 10.7. The van der Waals surface area contributed by atoms with E-state index in [9.17, 15) is 13.2 Å². The van der Waals surface area contributed by atoms with E-state index in [1.807, 2.05) is 0 Å². The molecule has 1 amide bonds. The molecule has 1 aromatic heterocycles. The van der Waals surface area contributed by atoms with E-state index < -0.39 is 21.5 Å². The Hall–Kier alpha value is -1.63. The molecule has 0 fully saturated rings. The van der Waals surface area contributed by atoms with Crippen molar-refractivity contribution in [3.63, 3.8) is 0 Å². The minimum absolute atomic E-state index is 0.0442. The fraction of sp³-hybridized carbons (Fsp3) is 0.455. The second-order valence-electron chi connectivity index (χ2n) is 4.78. The second kappa shape index (κ2) is 4.93. The summed E-state index contributed by atoms with van der Waals surface area (Å²) in [6.45, 7) is 5.24. The van der Waals surface area contributed by atoms with Gasteiger partial charge in [0.05, 0.1) is 11.9 Å². The van der Waals surface area contributed by atoms with Crippen LogP contribution in [0.2, 0.25) is 0 Å². The molecule has 0 aliphatic carbocycles. The van der Waals surface area contributed by atoms with Gasteiger partial charge >= 0.3 is 6.09 Å². The molecule has 1 N–H and O–H groups in total. The fourth-order valence-electron chi connectivity index (χ4n) is 1.10. The maximum absolute atomic E-state index is 11.4. The first-order valence-electron chi connectivity index (χ1n) is 5.24. The lowest BCUT2D eigenvalue weighted by atomic mass is 10.2. The van der Waals surface area contributed by atoms with Crippen LogP contribution >= 0.6 is 0 Å². The summed E-state index contributed by atoms with van der Waals surface area (Å²) in [5.74, 6) is 0. The summed E-state index contributed by atoms with van der Waals surface area (Å²) in [5.41, 5.74) is -0.221. The molecule has 1 rings (SSSR count). The van der Waals surface area contributed by atoms with Gasteiger partial charge in [-0.2, -0.15) is 0 Å². The van der Waals surface area contributed by atoms with Crippen LogP contribution in [0.15, 0.2) is 23.4 Å². The van der Waals surface area contributed by atoms with Gasteiger partial charge in [0.25, 0.3) is 0 Å². The number of hydrogen-bond acceptors (Lipinski definition) is 5. The molecular formula is C11H16N2O4S. The largest absolute Gasteiger partial charge is 0.444 e. The molecule has 18 heavy (non-hydrogen) atoms. The number of ether oxygens (including phenoxy) is 1. The lowest BCUT2D eigenvalue weighted by Crippen LogP contribution is -2.27. The van der Waals surface area contributed by atoms with Crippen LogP contribution in [0, 0.1) is 0 Å². The predicted molar refractivity (Wildman–Crippen MR) is 67.2 cm³/mol. The van der Waals surface area contributed by atoms with E-state index >= 15 is 0 Å². The van der Waals surface area contributed by atoms with Crippen molar-refractivity contribution < 1.29 is 17.9 Å². The minimum Gasteiger partial charge on any atom is -0.444 e. The van der Waals surface area contributed by atoms with Crippen LogP contribution in [-0.2, 0) is 14.6 Å². The Labute approximate surface area is 106 Å². The number of carbonyl (C=O) groups is 1. The van der Waals surface area contributed by atoms with Gasteiger partial charge in [0.1, 0.15) is 5.60 Å². The number of anilines is 1. The summed E-state index contributed by atoms with van der Waals surface area (Å²) in [4.78, 5) is 15.2. The molecule has 0 atom stereocenters. The van der Waals surface area contributed by atoms with Crippen molar-refractivity contribution in [1.82, 2.24) is 4.98 Å². The molecule has 0 saturated carbocycles. The van der Waals surface area contributed by atoms with Crippen LogP contribution in [0.25, 0.3) is 0 Å². The van der Waals surface area contributed by atoms with Gasteiger partial charge in [-0.1, -0.05) is 0 Å². The molecule has 6 nitrogen and oxygen atoms in total. The average molecular weight is 272 g/mol. The van der Waals surface area contributed by atoms with Gasteiger partial charge in [-0.25, -0.2) is 18.2 Å². The summed E-state index contributed by atoms with van der Waals surface area (Å²) >= 11 is 0. The maximum atomic E-state index is 11.4. The lowest BCUT2D eigenvalue weighted by molar-refractivity contribution is 0.0636. The van der Waals surface area contributed by atoms with Gasteiger partial charge < -0.3 is 4.74 Å². The van der Waals surface area contributed by atoms with Crippen LogP contribution in [0.4, 0.5) is 10.5 Å². The number of amides is 1.